The second kappa shape index (κ2) is 17.4. The summed E-state index contributed by atoms with van der Waals surface area (Å²) in [7, 11) is 0. The molecule has 0 aromatic carbocycles. The number of carbonyl (C=O) groups excluding carboxylic acids is 1. The van der Waals surface area contributed by atoms with Gasteiger partial charge in [-0.3, -0.25) is 14.4 Å². The number of hydrogen-bond donors (Lipinski definition) is 8. The lowest BCUT2D eigenvalue weighted by molar-refractivity contribution is -0.140. The zero-order chi connectivity index (χ0) is 21.3. The highest BCUT2D eigenvalue weighted by Crippen LogP contribution is 1.96. The maximum absolute atomic E-state index is 10.2. The molecule has 0 aliphatic rings. The van der Waals surface area contributed by atoms with E-state index in [2.05, 4.69) is 5.32 Å². The third-order valence-electron chi connectivity index (χ3n) is 2.67. The summed E-state index contributed by atoms with van der Waals surface area (Å²) in [4.78, 5) is 39.9. The summed E-state index contributed by atoms with van der Waals surface area (Å²) in [6.07, 6.45) is 0.909. The molecule has 0 fully saturated rings. The average Bonchev–Trinajstić information content (AvgIpc) is 2.51. The molecule has 0 bridgehead atoms. The van der Waals surface area contributed by atoms with Crippen LogP contribution in [0.5, 0.6) is 0 Å². The average molecular weight is 381 g/mol. The first-order valence-corrected chi connectivity index (χ1v) is 7.78. The maximum Gasteiger partial charge on any atom is 0.320 e. The first kappa shape index (κ1) is 28.4. The molecule has 0 radical (unpaired) electrons. The number of aliphatic carboxylic acids is 3. The smallest absolute Gasteiger partial charge is 0.320 e. The van der Waals surface area contributed by atoms with E-state index in [9.17, 15) is 19.2 Å². The summed E-state index contributed by atoms with van der Waals surface area (Å²) < 4.78 is 0. The van der Waals surface area contributed by atoms with E-state index in [4.69, 9.17) is 38.3 Å². The predicted octanol–water partition coefficient (Wildman–Crippen LogP) is -1.68. The van der Waals surface area contributed by atoms with Crippen LogP contribution in [0, 0.1) is 5.92 Å². The standard InChI is InChI=1S/C6H13N3O3.C5H11NO2.C3H7NO2/c7-4(5(10)11)2-1-3-9-6(8)12;1-3(2)4(6)5(7)8;4-2-1-3(5)6/h4H,1-3,7H2,(H,10,11)(H3,8,9,12);3-4H,6H2,1-2H3,(H,7,8);1-2,4H2,(H,5,6). The second-order valence-corrected chi connectivity index (χ2v) is 5.42. The quantitative estimate of drug-likeness (QED) is 0.211. The van der Waals surface area contributed by atoms with Gasteiger partial charge in [-0.1, -0.05) is 13.8 Å². The molecule has 12 N–H and O–H groups in total. The Bertz CT molecular complexity index is 432. The van der Waals surface area contributed by atoms with Crippen molar-refractivity contribution < 1.29 is 34.5 Å². The fourth-order valence-electron chi connectivity index (χ4n) is 1.07. The highest BCUT2D eigenvalue weighted by Gasteiger charge is 2.14. The van der Waals surface area contributed by atoms with E-state index in [0.717, 1.165) is 0 Å². The maximum atomic E-state index is 10.2. The minimum atomic E-state index is -1.03. The zero-order valence-corrected chi connectivity index (χ0v) is 15.1. The van der Waals surface area contributed by atoms with Crippen LogP contribution in [0.4, 0.5) is 4.79 Å². The molecule has 2 amide bonds. The lowest BCUT2D eigenvalue weighted by Crippen LogP contribution is -2.34. The van der Waals surface area contributed by atoms with E-state index in [-0.39, 0.29) is 18.9 Å². The molecule has 0 aliphatic heterocycles. The van der Waals surface area contributed by atoms with Crippen molar-refractivity contribution in [1.82, 2.24) is 5.32 Å². The molecule has 26 heavy (non-hydrogen) atoms. The molecule has 2 unspecified atom stereocenters. The molecule has 2 atom stereocenters. The Kier molecular flexibility index (Phi) is 19.0. The van der Waals surface area contributed by atoms with Crippen molar-refractivity contribution >= 4 is 23.9 Å². The van der Waals surface area contributed by atoms with Gasteiger partial charge in [-0.15, -0.1) is 0 Å². The Morgan fingerprint density at radius 2 is 1.50 bits per heavy atom. The van der Waals surface area contributed by atoms with E-state index in [1.807, 2.05) is 0 Å². The van der Waals surface area contributed by atoms with Crippen molar-refractivity contribution in [1.29, 1.82) is 0 Å². The van der Waals surface area contributed by atoms with E-state index in [1.165, 1.54) is 0 Å². The van der Waals surface area contributed by atoms with Gasteiger partial charge < -0.3 is 43.6 Å². The Morgan fingerprint density at radius 1 is 1.00 bits per heavy atom. The van der Waals surface area contributed by atoms with Crippen molar-refractivity contribution in [2.45, 2.75) is 45.2 Å². The molecule has 0 spiro atoms. The molecule has 0 saturated heterocycles. The molecule has 0 aromatic heterocycles. The van der Waals surface area contributed by atoms with Crippen LogP contribution >= 0.6 is 0 Å². The minimum absolute atomic E-state index is 0.0208. The van der Waals surface area contributed by atoms with Gasteiger partial charge in [-0.05, 0) is 18.8 Å². The number of nitrogens with one attached hydrogen (secondary N) is 1. The first-order chi connectivity index (χ1) is 11.9. The van der Waals surface area contributed by atoms with Gasteiger partial charge in [0.15, 0.2) is 0 Å². The fraction of sp³-hybridized carbons (Fsp3) is 0.714. The van der Waals surface area contributed by atoms with E-state index >= 15 is 0 Å². The van der Waals surface area contributed by atoms with Gasteiger partial charge in [-0.2, -0.15) is 0 Å². The lowest BCUT2D eigenvalue weighted by atomic mass is 10.1. The van der Waals surface area contributed by atoms with E-state index < -0.39 is 36.0 Å². The zero-order valence-electron chi connectivity index (χ0n) is 15.1. The van der Waals surface area contributed by atoms with Crippen LogP contribution in [0.15, 0.2) is 0 Å². The summed E-state index contributed by atoms with van der Waals surface area (Å²) in [6.45, 7) is 4.14. The summed E-state index contributed by atoms with van der Waals surface area (Å²) in [5.41, 5.74) is 20.0. The van der Waals surface area contributed by atoms with Crippen molar-refractivity contribution in [3.63, 3.8) is 0 Å². The van der Waals surface area contributed by atoms with E-state index in [0.29, 0.717) is 19.4 Å². The molecule has 12 nitrogen and oxygen atoms in total. The van der Waals surface area contributed by atoms with Gasteiger partial charge in [0, 0.05) is 13.1 Å². The third kappa shape index (κ3) is 23.8. The van der Waals surface area contributed by atoms with Crippen molar-refractivity contribution in [3.05, 3.63) is 0 Å². The third-order valence-corrected chi connectivity index (χ3v) is 2.67. The Labute approximate surface area is 151 Å². The number of nitrogens with two attached hydrogens (primary N) is 4. The van der Waals surface area contributed by atoms with Crippen molar-refractivity contribution in [2.24, 2.45) is 28.9 Å². The summed E-state index contributed by atoms with van der Waals surface area (Å²) in [5.74, 6) is -2.78. The second-order valence-electron chi connectivity index (χ2n) is 5.42. The molecular weight excluding hydrogens is 350 g/mol. The van der Waals surface area contributed by atoms with Gasteiger partial charge in [-0.25, -0.2) is 4.79 Å². The Morgan fingerprint density at radius 3 is 1.69 bits per heavy atom. The van der Waals surface area contributed by atoms with Gasteiger partial charge in [0.25, 0.3) is 0 Å². The Balaban J connectivity index is -0.000000328. The van der Waals surface area contributed by atoms with Crippen LogP contribution in [0.2, 0.25) is 0 Å². The monoisotopic (exact) mass is 381 g/mol. The van der Waals surface area contributed by atoms with Crippen LogP contribution in [0.1, 0.15) is 33.1 Å². The summed E-state index contributed by atoms with van der Waals surface area (Å²) in [6, 6.07) is -2.19. The highest BCUT2D eigenvalue weighted by molar-refractivity contribution is 5.73. The summed E-state index contributed by atoms with van der Waals surface area (Å²) >= 11 is 0. The number of primary amides is 1. The molecule has 154 valence electrons. The van der Waals surface area contributed by atoms with E-state index in [1.54, 1.807) is 13.8 Å². The molecule has 12 heteroatoms. The van der Waals surface area contributed by atoms with Crippen molar-refractivity contribution in [3.8, 4) is 0 Å². The minimum Gasteiger partial charge on any atom is -0.481 e. The molecule has 0 aliphatic carbocycles. The topological polar surface area (TPSA) is 245 Å². The van der Waals surface area contributed by atoms with Crippen LogP contribution in [0.25, 0.3) is 0 Å². The van der Waals surface area contributed by atoms with Gasteiger partial charge in [0.2, 0.25) is 0 Å². The van der Waals surface area contributed by atoms with Crippen LogP contribution in [-0.4, -0.2) is 64.4 Å². The fourth-order valence-corrected chi connectivity index (χ4v) is 1.07. The number of carbonyl (C=O) groups is 4. The Hall–Kier alpha value is -2.44. The van der Waals surface area contributed by atoms with Crippen LogP contribution in [0.3, 0.4) is 0 Å². The molecule has 0 rings (SSSR count). The van der Waals surface area contributed by atoms with Gasteiger partial charge in [0.1, 0.15) is 12.1 Å². The number of rotatable bonds is 9. The summed E-state index contributed by atoms with van der Waals surface area (Å²) in [5, 5.41) is 26.7. The first-order valence-electron chi connectivity index (χ1n) is 7.78. The number of amides is 2. The number of urea groups is 1. The SMILES string of the molecule is CC(C)C(N)C(=O)O.NC(=O)NCCCC(N)C(=O)O.NCCC(=O)O. The highest BCUT2D eigenvalue weighted by atomic mass is 16.4. The number of hydrogen-bond acceptors (Lipinski definition) is 7. The van der Waals surface area contributed by atoms with Crippen molar-refractivity contribution in [2.75, 3.05) is 13.1 Å². The van der Waals surface area contributed by atoms with Gasteiger partial charge >= 0.3 is 23.9 Å². The van der Waals surface area contributed by atoms with Crippen LogP contribution in [-0.2, 0) is 14.4 Å². The predicted molar refractivity (Wildman–Crippen MR) is 94.2 cm³/mol. The van der Waals surface area contributed by atoms with Gasteiger partial charge in [0.05, 0.1) is 6.42 Å². The largest absolute Gasteiger partial charge is 0.481 e. The lowest BCUT2D eigenvalue weighted by Gasteiger charge is -2.07. The molecule has 0 saturated carbocycles. The molecule has 0 aromatic rings. The molecule has 0 heterocycles. The number of carboxylic acid groups (broad SMARTS) is 3. The number of carboxylic acids is 3. The molecular formula is C14H31N5O7. The normalized spacial score (nSPS) is 11.8. The van der Waals surface area contributed by atoms with Crippen LogP contribution < -0.4 is 28.3 Å².